The van der Waals surface area contributed by atoms with Crippen LogP contribution in [0.4, 0.5) is 4.79 Å². The van der Waals surface area contributed by atoms with Crippen molar-refractivity contribution < 1.29 is 9.53 Å². The number of hydrogen-bond acceptors (Lipinski definition) is 4. The molecule has 0 saturated carbocycles. The molecule has 0 saturated heterocycles. The normalized spacial score (nSPS) is 10.4. The molecule has 7 heteroatoms. The summed E-state index contributed by atoms with van der Waals surface area (Å²) in [6.07, 6.45) is 1.17. The Morgan fingerprint density at radius 3 is 3.25 bits per heavy atom. The van der Waals surface area contributed by atoms with Crippen LogP contribution in [0, 0.1) is 0 Å². The molecular weight excluding hydrogens is 276 g/mol. The van der Waals surface area contributed by atoms with E-state index in [1.54, 1.807) is 6.20 Å². The third kappa shape index (κ3) is 2.30. The Hall–Kier alpha value is -1.63. The highest BCUT2D eigenvalue weighted by atomic mass is 79.9. The van der Waals surface area contributed by atoms with Gasteiger partial charge in [-0.25, -0.2) is 14.8 Å². The number of aromatic amines is 1. The Morgan fingerprint density at radius 2 is 2.50 bits per heavy atom. The number of alkyl carbamates (subject to hydrolysis) is 1. The van der Waals surface area contributed by atoms with Gasteiger partial charge in [0.05, 0.1) is 5.52 Å². The number of carbonyl (C=O) groups is 1. The van der Waals surface area contributed by atoms with Crippen LogP contribution >= 0.6 is 15.9 Å². The summed E-state index contributed by atoms with van der Waals surface area (Å²) >= 11 is 3.31. The zero-order valence-electron chi connectivity index (χ0n) is 8.45. The smallest absolute Gasteiger partial charge is 0.407 e. The van der Waals surface area contributed by atoms with E-state index in [4.69, 9.17) is 4.74 Å². The molecule has 0 unspecified atom stereocenters. The van der Waals surface area contributed by atoms with Gasteiger partial charge in [-0.2, -0.15) is 0 Å². The van der Waals surface area contributed by atoms with Gasteiger partial charge in [0.2, 0.25) is 0 Å². The van der Waals surface area contributed by atoms with Gasteiger partial charge in [0.15, 0.2) is 12.3 Å². The lowest BCUT2D eigenvalue weighted by Gasteiger charge is -1.99. The minimum atomic E-state index is -0.491. The van der Waals surface area contributed by atoms with Gasteiger partial charge in [-0.05, 0) is 22.0 Å². The minimum absolute atomic E-state index is 0.0909. The molecule has 0 aliphatic heterocycles. The first kappa shape index (κ1) is 10.9. The number of fused-ring (bicyclic) bond motifs is 1. The van der Waals surface area contributed by atoms with Gasteiger partial charge >= 0.3 is 6.09 Å². The molecule has 2 aromatic heterocycles. The maximum Gasteiger partial charge on any atom is 0.407 e. The third-order valence-corrected chi connectivity index (χ3v) is 2.33. The quantitative estimate of drug-likeness (QED) is 0.877. The summed E-state index contributed by atoms with van der Waals surface area (Å²) in [4.78, 5) is 22.1. The van der Waals surface area contributed by atoms with Crippen molar-refractivity contribution in [2.75, 3.05) is 7.05 Å². The van der Waals surface area contributed by atoms with Crippen molar-refractivity contribution >= 4 is 33.2 Å². The van der Waals surface area contributed by atoms with Crippen LogP contribution in [0.3, 0.4) is 0 Å². The van der Waals surface area contributed by atoms with Crippen molar-refractivity contribution in [3.63, 3.8) is 0 Å². The monoisotopic (exact) mass is 284 g/mol. The van der Waals surface area contributed by atoms with Gasteiger partial charge < -0.3 is 15.0 Å². The molecule has 0 bridgehead atoms. The summed E-state index contributed by atoms with van der Waals surface area (Å²) in [6, 6.07) is 1.86. The zero-order valence-corrected chi connectivity index (χ0v) is 10.0. The van der Waals surface area contributed by atoms with Crippen molar-refractivity contribution in [3.8, 4) is 0 Å². The summed E-state index contributed by atoms with van der Waals surface area (Å²) in [5.74, 6) is 0.559. The fraction of sp³-hybridized carbons (Fsp3) is 0.222. The highest BCUT2D eigenvalue weighted by molar-refractivity contribution is 9.10. The Bertz CT molecular complexity index is 525. The molecule has 2 rings (SSSR count). The second-order valence-corrected chi connectivity index (χ2v) is 3.95. The van der Waals surface area contributed by atoms with Gasteiger partial charge in [0.25, 0.3) is 0 Å². The van der Waals surface area contributed by atoms with Gasteiger partial charge in [-0.15, -0.1) is 0 Å². The first-order valence-electron chi connectivity index (χ1n) is 4.53. The van der Waals surface area contributed by atoms with Crippen molar-refractivity contribution in [2.24, 2.45) is 0 Å². The zero-order chi connectivity index (χ0) is 11.5. The van der Waals surface area contributed by atoms with Gasteiger partial charge in [-0.1, -0.05) is 0 Å². The fourth-order valence-corrected chi connectivity index (χ4v) is 1.53. The number of halogens is 1. The maximum atomic E-state index is 10.9. The van der Waals surface area contributed by atoms with E-state index in [-0.39, 0.29) is 6.61 Å². The van der Waals surface area contributed by atoms with Gasteiger partial charge in [0.1, 0.15) is 5.82 Å². The number of H-pyrrole nitrogens is 1. The molecule has 2 aromatic rings. The molecule has 2 N–H and O–H groups in total. The molecular formula is C9H9BrN4O2. The number of nitrogens with one attached hydrogen (secondary N) is 2. The molecule has 6 nitrogen and oxygen atoms in total. The van der Waals surface area contributed by atoms with Crippen LogP contribution < -0.4 is 5.32 Å². The summed E-state index contributed by atoms with van der Waals surface area (Å²) in [7, 11) is 1.50. The SMILES string of the molecule is CNC(=O)OCc1nc2ncc(Br)cc2[nH]1. The second-order valence-electron chi connectivity index (χ2n) is 3.03. The van der Waals surface area contributed by atoms with Gasteiger partial charge in [-0.3, -0.25) is 0 Å². The summed E-state index contributed by atoms with van der Waals surface area (Å²) in [6.45, 7) is 0.0909. The molecule has 2 heterocycles. The van der Waals surface area contributed by atoms with Crippen LogP contribution in [0.15, 0.2) is 16.7 Å². The van der Waals surface area contributed by atoms with Crippen LogP contribution in [0.1, 0.15) is 5.82 Å². The molecule has 16 heavy (non-hydrogen) atoms. The Labute approximate surface area is 99.5 Å². The number of pyridine rings is 1. The van der Waals surface area contributed by atoms with Crippen LogP contribution in [0.5, 0.6) is 0 Å². The number of aromatic nitrogens is 3. The lowest BCUT2D eigenvalue weighted by atomic mass is 10.4. The summed E-state index contributed by atoms with van der Waals surface area (Å²) < 4.78 is 5.72. The maximum absolute atomic E-state index is 10.9. The first-order valence-corrected chi connectivity index (χ1v) is 5.33. The molecule has 0 spiro atoms. The minimum Gasteiger partial charge on any atom is -0.441 e. The molecule has 0 atom stereocenters. The van der Waals surface area contributed by atoms with E-state index in [1.807, 2.05) is 6.07 Å². The Balaban J connectivity index is 2.16. The molecule has 0 aliphatic rings. The van der Waals surface area contributed by atoms with Crippen molar-refractivity contribution in [3.05, 3.63) is 22.6 Å². The highest BCUT2D eigenvalue weighted by Gasteiger charge is 2.06. The summed E-state index contributed by atoms with van der Waals surface area (Å²) in [5.41, 5.74) is 1.39. The van der Waals surface area contributed by atoms with Gasteiger partial charge in [0, 0.05) is 17.7 Å². The van der Waals surface area contributed by atoms with Crippen LogP contribution in [0.2, 0.25) is 0 Å². The van der Waals surface area contributed by atoms with E-state index < -0.39 is 6.09 Å². The topological polar surface area (TPSA) is 79.9 Å². The number of ether oxygens (including phenoxy) is 1. The van der Waals surface area contributed by atoms with E-state index in [0.29, 0.717) is 11.5 Å². The van der Waals surface area contributed by atoms with E-state index in [0.717, 1.165) is 9.99 Å². The predicted molar refractivity (Wildman–Crippen MR) is 60.8 cm³/mol. The van der Waals surface area contributed by atoms with Crippen LogP contribution in [-0.2, 0) is 11.3 Å². The van der Waals surface area contributed by atoms with E-state index in [9.17, 15) is 4.79 Å². The molecule has 0 aromatic carbocycles. The van der Waals surface area contributed by atoms with E-state index in [1.165, 1.54) is 7.05 Å². The van der Waals surface area contributed by atoms with Crippen molar-refractivity contribution in [1.29, 1.82) is 0 Å². The number of hydrogen-bond donors (Lipinski definition) is 2. The number of carbonyl (C=O) groups excluding carboxylic acids is 1. The number of nitrogens with zero attached hydrogens (tertiary/aromatic N) is 2. The number of amides is 1. The highest BCUT2D eigenvalue weighted by Crippen LogP contribution is 2.15. The van der Waals surface area contributed by atoms with Crippen LogP contribution in [-0.4, -0.2) is 28.1 Å². The Kier molecular flexibility index (Phi) is 3.04. The Morgan fingerprint density at radius 1 is 1.69 bits per heavy atom. The second kappa shape index (κ2) is 4.48. The van der Waals surface area contributed by atoms with E-state index in [2.05, 4.69) is 36.2 Å². The molecule has 84 valence electrons. The number of rotatable bonds is 2. The first-order chi connectivity index (χ1) is 7.69. The lowest BCUT2D eigenvalue weighted by Crippen LogP contribution is -2.19. The summed E-state index contributed by atoms with van der Waals surface area (Å²) in [5, 5.41) is 2.35. The fourth-order valence-electron chi connectivity index (χ4n) is 1.20. The lowest BCUT2D eigenvalue weighted by molar-refractivity contribution is 0.139. The molecule has 0 radical (unpaired) electrons. The standard InChI is InChI=1S/C9H9BrN4O2/c1-11-9(15)16-4-7-13-6-2-5(10)3-12-8(6)14-7/h2-3H,4H2,1H3,(H,11,15)(H,12,13,14). The van der Waals surface area contributed by atoms with Crippen molar-refractivity contribution in [1.82, 2.24) is 20.3 Å². The van der Waals surface area contributed by atoms with E-state index >= 15 is 0 Å². The van der Waals surface area contributed by atoms with Crippen LogP contribution in [0.25, 0.3) is 11.2 Å². The molecule has 0 aliphatic carbocycles. The molecule has 1 amide bonds. The average Bonchev–Trinajstić information content (AvgIpc) is 2.67. The average molecular weight is 285 g/mol. The largest absolute Gasteiger partial charge is 0.441 e. The number of imidazole rings is 1. The predicted octanol–water partition coefficient (Wildman–Crippen LogP) is 1.58. The third-order valence-electron chi connectivity index (χ3n) is 1.90. The van der Waals surface area contributed by atoms with Crippen molar-refractivity contribution in [2.45, 2.75) is 6.61 Å². The molecule has 0 fully saturated rings.